The maximum absolute atomic E-state index is 11.9. The predicted octanol–water partition coefficient (Wildman–Crippen LogP) is -0.357. The summed E-state index contributed by atoms with van der Waals surface area (Å²) in [7, 11) is 1.59. The van der Waals surface area contributed by atoms with Crippen LogP contribution in [0.15, 0.2) is 0 Å². The molecule has 110 valence electrons. The summed E-state index contributed by atoms with van der Waals surface area (Å²) in [5.41, 5.74) is 0. The summed E-state index contributed by atoms with van der Waals surface area (Å²) in [4.78, 5) is 23.4. The van der Waals surface area contributed by atoms with Gasteiger partial charge in [-0.2, -0.15) is 0 Å². The third-order valence-corrected chi connectivity index (χ3v) is 3.38. The van der Waals surface area contributed by atoms with Crippen LogP contribution in [0.25, 0.3) is 0 Å². The lowest BCUT2D eigenvalue weighted by Crippen LogP contribution is -2.47. The normalized spacial score (nSPS) is 22.8. The number of hydrogen-bond acceptors (Lipinski definition) is 4. The molecule has 1 saturated heterocycles. The molecule has 0 aromatic heterocycles. The molecule has 0 radical (unpaired) electrons. The fraction of sp³-hybridized carbons (Fsp3) is 0.846. The average Bonchev–Trinajstić information content (AvgIpc) is 2.39. The number of amides is 2. The highest BCUT2D eigenvalue weighted by Gasteiger charge is 2.27. The molecule has 0 saturated carbocycles. The van der Waals surface area contributed by atoms with Crippen LogP contribution in [0, 0.1) is 5.92 Å². The number of carbonyl (C=O) groups is 2. The largest absolute Gasteiger partial charge is 0.383 e. The number of carbonyl (C=O) groups excluding carboxylic acids is 2. The van der Waals surface area contributed by atoms with Gasteiger partial charge in [-0.05, 0) is 26.3 Å². The molecule has 0 aliphatic carbocycles. The molecule has 3 N–H and O–H groups in total. The summed E-state index contributed by atoms with van der Waals surface area (Å²) >= 11 is 0. The van der Waals surface area contributed by atoms with Crippen molar-refractivity contribution in [3.8, 4) is 0 Å². The van der Waals surface area contributed by atoms with E-state index in [4.69, 9.17) is 4.74 Å². The summed E-state index contributed by atoms with van der Waals surface area (Å²) in [6, 6.07) is 0.212. The van der Waals surface area contributed by atoms with E-state index in [0.717, 1.165) is 19.4 Å². The molecule has 2 atom stereocenters. The highest BCUT2D eigenvalue weighted by Crippen LogP contribution is 2.15. The highest BCUT2D eigenvalue weighted by molar-refractivity contribution is 5.81. The number of rotatable bonds is 7. The minimum atomic E-state index is -0.0628. The molecule has 2 amide bonds. The van der Waals surface area contributed by atoms with Crippen molar-refractivity contribution < 1.29 is 14.3 Å². The summed E-state index contributed by atoms with van der Waals surface area (Å²) in [6.45, 7) is 4.41. The van der Waals surface area contributed by atoms with Gasteiger partial charge in [0.2, 0.25) is 11.8 Å². The first-order valence-electron chi connectivity index (χ1n) is 6.92. The Kier molecular flexibility index (Phi) is 7.43. The molecule has 0 aromatic carbocycles. The van der Waals surface area contributed by atoms with E-state index in [1.807, 2.05) is 6.92 Å². The third kappa shape index (κ3) is 6.02. The average molecular weight is 271 g/mol. The Bertz CT molecular complexity index is 297. The lowest BCUT2D eigenvalue weighted by atomic mass is 9.91. The highest BCUT2D eigenvalue weighted by atomic mass is 16.5. The second-order valence-electron chi connectivity index (χ2n) is 4.88. The van der Waals surface area contributed by atoms with Crippen molar-refractivity contribution in [2.24, 2.45) is 5.92 Å². The van der Waals surface area contributed by atoms with E-state index in [1.54, 1.807) is 7.11 Å². The topological polar surface area (TPSA) is 79.5 Å². The van der Waals surface area contributed by atoms with Gasteiger partial charge in [0.15, 0.2) is 0 Å². The first-order valence-corrected chi connectivity index (χ1v) is 6.92. The van der Waals surface area contributed by atoms with Gasteiger partial charge in [0.1, 0.15) is 0 Å². The molecule has 6 nitrogen and oxygen atoms in total. The van der Waals surface area contributed by atoms with Crippen LogP contribution >= 0.6 is 0 Å². The van der Waals surface area contributed by atoms with Crippen LogP contribution in [0.4, 0.5) is 0 Å². The summed E-state index contributed by atoms with van der Waals surface area (Å²) in [6.07, 6.45) is 2.25. The van der Waals surface area contributed by atoms with Gasteiger partial charge in [0.05, 0.1) is 12.5 Å². The van der Waals surface area contributed by atoms with Crippen molar-refractivity contribution >= 4 is 11.8 Å². The number of hydrogen-bond donors (Lipinski definition) is 3. The smallest absolute Gasteiger partial charge is 0.224 e. The molecule has 1 aliphatic rings. The summed E-state index contributed by atoms with van der Waals surface area (Å²) in [5, 5.41) is 8.84. The Morgan fingerprint density at radius 2 is 2.11 bits per heavy atom. The SMILES string of the molecule is COCCNC(=O)CCNC(=O)C1CCCNC1C. The van der Waals surface area contributed by atoms with Gasteiger partial charge >= 0.3 is 0 Å². The second-order valence-corrected chi connectivity index (χ2v) is 4.88. The molecular weight excluding hydrogens is 246 g/mol. The second kappa shape index (κ2) is 8.87. The first-order chi connectivity index (χ1) is 9.15. The van der Waals surface area contributed by atoms with E-state index in [2.05, 4.69) is 16.0 Å². The van der Waals surface area contributed by atoms with Gasteiger partial charge in [0, 0.05) is 32.7 Å². The molecule has 1 aliphatic heterocycles. The van der Waals surface area contributed by atoms with Crippen molar-refractivity contribution in [2.45, 2.75) is 32.2 Å². The van der Waals surface area contributed by atoms with Gasteiger partial charge in [0.25, 0.3) is 0 Å². The van der Waals surface area contributed by atoms with Gasteiger partial charge in [-0.15, -0.1) is 0 Å². The molecule has 1 fully saturated rings. The molecule has 0 spiro atoms. The van der Waals surface area contributed by atoms with Crippen molar-refractivity contribution in [2.75, 3.05) is 33.4 Å². The quantitative estimate of drug-likeness (QED) is 0.553. The van der Waals surface area contributed by atoms with E-state index in [0.29, 0.717) is 26.1 Å². The van der Waals surface area contributed by atoms with Gasteiger partial charge in [-0.25, -0.2) is 0 Å². The Labute approximate surface area is 114 Å². The summed E-state index contributed by atoms with van der Waals surface area (Å²) < 4.78 is 4.83. The third-order valence-electron chi connectivity index (χ3n) is 3.38. The van der Waals surface area contributed by atoms with Crippen LogP contribution in [-0.2, 0) is 14.3 Å². The van der Waals surface area contributed by atoms with Crippen LogP contribution < -0.4 is 16.0 Å². The van der Waals surface area contributed by atoms with Gasteiger partial charge in [-0.1, -0.05) is 0 Å². The maximum Gasteiger partial charge on any atom is 0.224 e. The molecule has 1 rings (SSSR count). The molecule has 1 heterocycles. The predicted molar refractivity (Wildman–Crippen MR) is 72.7 cm³/mol. The van der Waals surface area contributed by atoms with E-state index >= 15 is 0 Å². The number of ether oxygens (including phenoxy) is 1. The molecule has 0 aromatic rings. The van der Waals surface area contributed by atoms with E-state index < -0.39 is 0 Å². The Hall–Kier alpha value is -1.14. The minimum absolute atomic E-state index is 0.0188. The Morgan fingerprint density at radius 1 is 1.32 bits per heavy atom. The lowest BCUT2D eigenvalue weighted by molar-refractivity contribution is -0.126. The van der Waals surface area contributed by atoms with E-state index in [-0.39, 0.29) is 23.8 Å². The zero-order valence-electron chi connectivity index (χ0n) is 11.8. The monoisotopic (exact) mass is 271 g/mol. The van der Waals surface area contributed by atoms with Crippen molar-refractivity contribution in [3.63, 3.8) is 0 Å². The fourth-order valence-electron chi connectivity index (χ4n) is 2.21. The molecule has 6 heteroatoms. The number of piperidine rings is 1. The minimum Gasteiger partial charge on any atom is -0.383 e. The first kappa shape index (κ1) is 15.9. The van der Waals surface area contributed by atoms with Crippen LogP contribution in [0.3, 0.4) is 0 Å². The standard InChI is InChI=1S/C13H25N3O3/c1-10-11(4-3-6-14-10)13(18)16-7-5-12(17)15-8-9-19-2/h10-11,14H,3-9H2,1-2H3,(H,15,17)(H,16,18). The van der Waals surface area contributed by atoms with Crippen LogP contribution in [-0.4, -0.2) is 51.2 Å². The molecular formula is C13H25N3O3. The lowest BCUT2D eigenvalue weighted by Gasteiger charge is -2.28. The fourth-order valence-corrected chi connectivity index (χ4v) is 2.21. The van der Waals surface area contributed by atoms with Crippen molar-refractivity contribution in [3.05, 3.63) is 0 Å². The van der Waals surface area contributed by atoms with Crippen LogP contribution in [0.5, 0.6) is 0 Å². The van der Waals surface area contributed by atoms with Crippen molar-refractivity contribution in [1.82, 2.24) is 16.0 Å². The maximum atomic E-state index is 11.9. The molecule has 2 unspecified atom stereocenters. The Morgan fingerprint density at radius 3 is 2.79 bits per heavy atom. The molecule has 0 bridgehead atoms. The van der Waals surface area contributed by atoms with Crippen LogP contribution in [0.1, 0.15) is 26.2 Å². The van der Waals surface area contributed by atoms with Crippen LogP contribution in [0.2, 0.25) is 0 Å². The zero-order chi connectivity index (χ0) is 14.1. The molecule has 19 heavy (non-hydrogen) atoms. The van der Waals surface area contributed by atoms with E-state index in [9.17, 15) is 9.59 Å². The number of methoxy groups -OCH3 is 1. The number of nitrogens with one attached hydrogen (secondary N) is 3. The van der Waals surface area contributed by atoms with Crippen molar-refractivity contribution in [1.29, 1.82) is 0 Å². The van der Waals surface area contributed by atoms with Gasteiger partial charge in [-0.3, -0.25) is 9.59 Å². The van der Waals surface area contributed by atoms with E-state index in [1.165, 1.54) is 0 Å². The Balaban J connectivity index is 2.14. The summed E-state index contributed by atoms with van der Waals surface area (Å²) in [5.74, 6) is 0.00172. The van der Waals surface area contributed by atoms with Gasteiger partial charge < -0.3 is 20.7 Å². The zero-order valence-corrected chi connectivity index (χ0v) is 11.8.